The first-order chi connectivity index (χ1) is 12.2. The van der Waals surface area contributed by atoms with Crippen molar-refractivity contribution in [3.63, 3.8) is 0 Å². The van der Waals surface area contributed by atoms with Crippen molar-refractivity contribution < 1.29 is 9.59 Å². The average molecular weight is 335 g/mol. The van der Waals surface area contributed by atoms with Crippen LogP contribution in [0.5, 0.6) is 0 Å². The maximum atomic E-state index is 12.8. The van der Waals surface area contributed by atoms with Crippen molar-refractivity contribution in [1.82, 2.24) is 4.57 Å². The highest BCUT2D eigenvalue weighted by Gasteiger charge is 2.27. The molecule has 1 aromatic heterocycles. The molecule has 0 unspecified atom stereocenters. The fourth-order valence-electron chi connectivity index (χ4n) is 3.42. The van der Waals surface area contributed by atoms with Crippen LogP contribution >= 0.6 is 0 Å². The zero-order valence-corrected chi connectivity index (χ0v) is 14.8. The Labute approximate surface area is 149 Å². The lowest BCUT2D eigenvalue weighted by molar-refractivity contribution is 0.100. The predicted molar refractivity (Wildman–Crippen MR) is 101 cm³/mol. The van der Waals surface area contributed by atoms with Gasteiger partial charge < -0.3 is 4.57 Å². The quantitative estimate of drug-likeness (QED) is 0.613. The molecule has 1 aliphatic carbocycles. The van der Waals surface area contributed by atoms with E-state index in [-0.39, 0.29) is 11.6 Å². The first-order valence-corrected chi connectivity index (χ1v) is 9.27. The summed E-state index contributed by atoms with van der Waals surface area (Å²) in [4.78, 5) is 25.2. The van der Waals surface area contributed by atoms with Crippen LogP contribution in [0.2, 0.25) is 0 Å². The number of ketones is 2. The zero-order chi connectivity index (χ0) is 17.6. The number of fused-ring (bicyclic) bond motifs is 1. The fourth-order valence-corrected chi connectivity index (χ4v) is 3.42. The molecule has 0 N–H and O–H groups in total. The van der Waals surface area contributed by atoms with Gasteiger partial charge in [-0.2, -0.15) is 0 Å². The molecule has 0 fully saturated rings. The summed E-state index contributed by atoms with van der Waals surface area (Å²) >= 11 is 0. The number of Topliss-reactive ketones (excluding diaryl/α,β-unsaturated/α-hetero) is 1. The molecule has 0 atom stereocenters. The van der Waals surface area contributed by atoms with Gasteiger partial charge in [-0.15, -0.1) is 0 Å². The van der Waals surface area contributed by atoms with Gasteiger partial charge in [-0.25, -0.2) is 0 Å². The number of aryl methyl sites for hydroxylation is 1. The minimum atomic E-state index is -0.0856. The standard InChI is InChI=1S/C22H25NO2/c1-2-3-4-5-6-9-14-23-15-10-13-20(23)19-16-21(24)17-11-7-8-12-18(17)22(19)25/h7-8,10-13,15-16H,2-6,9,14H2,1H3. The first-order valence-electron chi connectivity index (χ1n) is 9.27. The highest BCUT2D eigenvalue weighted by Crippen LogP contribution is 2.28. The Kier molecular flexibility index (Phi) is 5.64. The van der Waals surface area contributed by atoms with Crippen LogP contribution in [-0.2, 0) is 6.54 Å². The second kappa shape index (κ2) is 8.11. The topological polar surface area (TPSA) is 39.1 Å². The third-order valence-electron chi connectivity index (χ3n) is 4.82. The van der Waals surface area contributed by atoms with Gasteiger partial charge in [-0.05, 0) is 24.6 Å². The monoisotopic (exact) mass is 335 g/mol. The number of carbonyl (C=O) groups is 2. The Morgan fingerprint density at radius 3 is 2.36 bits per heavy atom. The van der Waals surface area contributed by atoms with E-state index in [1.165, 1.54) is 38.2 Å². The molecule has 3 heteroatoms. The van der Waals surface area contributed by atoms with Gasteiger partial charge in [-0.3, -0.25) is 9.59 Å². The van der Waals surface area contributed by atoms with Crippen molar-refractivity contribution in [2.75, 3.05) is 0 Å². The molecule has 0 amide bonds. The van der Waals surface area contributed by atoms with Crippen LogP contribution in [0.15, 0.2) is 48.7 Å². The molecule has 3 nitrogen and oxygen atoms in total. The van der Waals surface area contributed by atoms with Crippen LogP contribution in [0.25, 0.3) is 5.57 Å². The van der Waals surface area contributed by atoms with Gasteiger partial charge in [-0.1, -0.05) is 63.3 Å². The third-order valence-corrected chi connectivity index (χ3v) is 4.82. The minimum absolute atomic E-state index is 0.0573. The van der Waals surface area contributed by atoms with E-state index in [1.54, 1.807) is 18.2 Å². The summed E-state index contributed by atoms with van der Waals surface area (Å²) in [6.45, 7) is 3.11. The summed E-state index contributed by atoms with van der Waals surface area (Å²) in [6, 6.07) is 10.9. The molecule has 0 saturated carbocycles. The lowest BCUT2D eigenvalue weighted by Crippen LogP contribution is -2.18. The smallest absolute Gasteiger partial charge is 0.196 e. The van der Waals surface area contributed by atoms with Gasteiger partial charge in [0.05, 0.1) is 11.3 Å². The van der Waals surface area contributed by atoms with E-state index in [0.29, 0.717) is 16.7 Å². The van der Waals surface area contributed by atoms with Crippen LogP contribution in [0.4, 0.5) is 0 Å². The Balaban J connectivity index is 1.72. The number of allylic oxidation sites excluding steroid dienone is 2. The largest absolute Gasteiger partial charge is 0.347 e. The summed E-state index contributed by atoms with van der Waals surface area (Å²) in [6.07, 6.45) is 10.9. The maximum absolute atomic E-state index is 12.8. The lowest BCUT2D eigenvalue weighted by Gasteiger charge is -2.17. The SMILES string of the molecule is CCCCCCCCn1cccc1C1=CC(=O)c2ccccc2C1=O. The highest BCUT2D eigenvalue weighted by atomic mass is 16.1. The lowest BCUT2D eigenvalue weighted by atomic mass is 9.88. The number of benzene rings is 1. The van der Waals surface area contributed by atoms with Crippen molar-refractivity contribution >= 4 is 17.1 Å². The van der Waals surface area contributed by atoms with Crippen LogP contribution < -0.4 is 0 Å². The van der Waals surface area contributed by atoms with E-state index in [9.17, 15) is 9.59 Å². The molecule has 25 heavy (non-hydrogen) atoms. The predicted octanol–water partition coefficient (Wildman–Crippen LogP) is 5.31. The van der Waals surface area contributed by atoms with Crippen LogP contribution in [0.1, 0.15) is 71.9 Å². The molecule has 0 radical (unpaired) electrons. The highest BCUT2D eigenvalue weighted by molar-refractivity contribution is 6.38. The van der Waals surface area contributed by atoms with E-state index < -0.39 is 0 Å². The summed E-state index contributed by atoms with van der Waals surface area (Å²) < 4.78 is 2.10. The molecule has 0 bridgehead atoms. The normalized spacial score (nSPS) is 13.7. The average Bonchev–Trinajstić information content (AvgIpc) is 3.09. The van der Waals surface area contributed by atoms with Gasteiger partial charge in [0.1, 0.15) is 0 Å². The molecular weight excluding hydrogens is 310 g/mol. The Hall–Kier alpha value is -2.42. The Morgan fingerprint density at radius 2 is 1.56 bits per heavy atom. The number of hydrogen-bond acceptors (Lipinski definition) is 2. The van der Waals surface area contributed by atoms with Gasteiger partial charge in [0.15, 0.2) is 11.6 Å². The van der Waals surface area contributed by atoms with Gasteiger partial charge >= 0.3 is 0 Å². The molecular formula is C22H25NO2. The molecule has 0 spiro atoms. The number of carbonyl (C=O) groups excluding carboxylic acids is 2. The number of rotatable bonds is 8. The molecule has 0 aliphatic heterocycles. The van der Waals surface area contributed by atoms with E-state index in [1.807, 2.05) is 24.4 Å². The van der Waals surface area contributed by atoms with E-state index in [2.05, 4.69) is 11.5 Å². The molecule has 130 valence electrons. The van der Waals surface area contributed by atoms with Gasteiger partial charge in [0, 0.05) is 23.9 Å². The molecule has 0 saturated heterocycles. The summed E-state index contributed by atoms with van der Waals surface area (Å²) in [7, 11) is 0. The molecule has 1 aliphatic rings. The van der Waals surface area contributed by atoms with Crippen LogP contribution in [0, 0.1) is 0 Å². The van der Waals surface area contributed by atoms with E-state index in [4.69, 9.17) is 0 Å². The van der Waals surface area contributed by atoms with Crippen molar-refractivity contribution in [2.45, 2.75) is 52.0 Å². The number of aromatic nitrogens is 1. The molecule has 1 aromatic carbocycles. The minimum Gasteiger partial charge on any atom is -0.347 e. The van der Waals surface area contributed by atoms with E-state index in [0.717, 1.165) is 18.7 Å². The fraction of sp³-hybridized carbons (Fsp3) is 0.364. The summed E-state index contributed by atoms with van der Waals surface area (Å²) in [5.41, 5.74) is 2.38. The van der Waals surface area contributed by atoms with Crippen molar-refractivity contribution in [3.8, 4) is 0 Å². The van der Waals surface area contributed by atoms with E-state index >= 15 is 0 Å². The molecule has 3 rings (SSSR count). The zero-order valence-electron chi connectivity index (χ0n) is 14.8. The third kappa shape index (κ3) is 3.81. The van der Waals surface area contributed by atoms with Crippen molar-refractivity contribution in [2.24, 2.45) is 0 Å². The molecule has 1 heterocycles. The van der Waals surface area contributed by atoms with Crippen molar-refractivity contribution in [3.05, 3.63) is 65.5 Å². The number of unbranched alkanes of at least 4 members (excludes halogenated alkanes) is 5. The Morgan fingerprint density at radius 1 is 0.840 bits per heavy atom. The van der Waals surface area contributed by atoms with Gasteiger partial charge in [0.25, 0.3) is 0 Å². The van der Waals surface area contributed by atoms with Crippen molar-refractivity contribution in [1.29, 1.82) is 0 Å². The van der Waals surface area contributed by atoms with Gasteiger partial charge in [0.2, 0.25) is 0 Å². The number of hydrogen-bond donors (Lipinski definition) is 0. The second-order valence-electron chi connectivity index (χ2n) is 6.65. The number of nitrogens with zero attached hydrogens (tertiary/aromatic N) is 1. The molecule has 2 aromatic rings. The first kappa shape index (κ1) is 17.4. The summed E-state index contributed by atoms with van der Waals surface area (Å²) in [5.74, 6) is -0.143. The van der Waals surface area contributed by atoms with Crippen LogP contribution in [-0.4, -0.2) is 16.1 Å². The summed E-state index contributed by atoms with van der Waals surface area (Å²) in [5, 5.41) is 0. The Bertz CT molecular complexity index is 798. The second-order valence-corrected chi connectivity index (χ2v) is 6.65. The maximum Gasteiger partial charge on any atom is 0.196 e. The van der Waals surface area contributed by atoms with Crippen LogP contribution in [0.3, 0.4) is 0 Å².